The summed E-state index contributed by atoms with van der Waals surface area (Å²) >= 11 is 0. The molecule has 1 unspecified atom stereocenters. The molecule has 2 fully saturated rings. The second kappa shape index (κ2) is 6.06. The number of aromatic nitrogens is 1. The second-order valence-corrected chi connectivity index (χ2v) is 5.91. The van der Waals surface area contributed by atoms with Crippen LogP contribution in [0.15, 0.2) is 18.3 Å². The van der Waals surface area contributed by atoms with Crippen LogP contribution < -0.4 is 15.4 Å². The van der Waals surface area contributed by atoms with E-state index < -0.39 is 18.4 Å². The van der Waals surface area contributed by atoms with Gasteiger partial charge in [-0.15, -0.1) is 0 Å². The minimum absolute atomic E-state index is 0.137. The number of hydrogen-bond acceptors (Lipinski definition) is 3. The molecule has 2 N–H and O–H groups in total. The molecule has 1 heterocycles. The highest BCUT2D eigenvalue weighted by atomic mass is 19.3. The SMILES string of the molecule is COc1ccc(C(NC(=O)N[C@@H]2C[C@@H]2C(F)F)C2CC2)cn1. The number of pyridine rings is 1. The number of nitrogens with zero attached hydrogens (tertiary/aromatic N) is 1. The molecule has 0 spiro atoms. The van der Waals surface area contributed by atoms with Gasteiger partial charge in [0.1, 0.15) is 0 Å². The van der Waals surface area contributed by atoms with Crippen molar-refractivity contribution < 1.29 is 18.3 Å². The smallest absolute Gasteiger partial charge is 0.315 e. The number of nitrogens with one attached hydrogen (secondary N) is 2. The van der Waals surface area contributed by atoms with Gasteiger partial charge in [-0.3, -0.25) is 0 Å². The van der Waals surface area contributed by atoms with Gasteiger partial charge in [0, 0.05) is 24.2 Å². The molecule has 3 rings (SSSR count). The molecule has 2 saturated carbocycles. The zero-order chi connectivity index (χ0) is 15.7. The number of ether oxygens (including phenoxy) is 1. The van der Waals surface area contributed by atoms with Gasteiger partial charge in [-0.2, -0.15) is 0 Å². The lowest BCUT2D eigenvalue weighted by molar-refractivity contribution is 0.119. The van der Waals surface area contributed by atoms with Gasteiger partial charge in [-0.1, -0.05) is 6.07 Å². The standard InChI is InChI=1S/C15H19F2N3O2/c1-22-12-5-4-9(7-18-12)13(8-2-3-8)20-15(21)19-11-6-10(11)14(16)17/h4-5,7-8,10-11,13-14H,2-3,6H2,1H3,(H2,19,20,21)/t10-,11+,13?/m0/s1. The van der Waals surface area contributed by atoms with Gasteiger partial charge in [0.15, 0.2) is 0 Å². The van der Waals surface area contributed by atoms with E-state index in [0.29, 0.717) is 18.2 Å². The maximum atomic E-state index is 12.5. The van der Waals surface area contributed by atoms with E-state index in [2.05, 4.69) is 15.6 Å². The van der Waals surface area contributed by atoms with Crippen molar-refractivity contribution >= 4 is 6.03 Å². The predicted molar refractivity (Wildman–Crippen MR) is 75.8 cm³/mol. The topological polar surface area (TPSA) is 63.2 Å². The normalized spacial score (nSPS) is 24.7. The third-order valence-corrected chi connectivity index (χ3v) is 4.19. The summed E-state index contributed by atoms with van der Waals surface area (Å²) < 4.78 is 30.0. The molecule has 22 heavy (non-hydrogen) atoms. The number of alkyl halides is 2. The minimum Gasteiger partial charge on any atom is -0.481 e. The Hall–Kier alpha value is -1.92. The molecule has 2 amide bonds. The Morgan fingerprint density at radius 2 is 2.18 bits per heavy atom. The number of halogens is 2. The molecular weight excluding hydrogens is 292 g/mol. The van der Waals surface area contributed by atoms with Crippen molar-refractivity contribution in [1.29, 1.82) is 0 Å². The van der Waals surface area contributed by atoms with Gasteiger partial charge < -0.3 is 15.4 Å². The van der Waals surface area contributed by atoms with Gasteiger partial charge >= 0.3 is 6.03 Å². The van der Waals surface area contributed by atoms with Gasteiger partial charge in [0.2, 0.25) is 12.3 Å². The van der Waals surface area contributed by atoms with Gasteiger partial charge in [0.05, 0.1) is 13.2 Å². The molecule has 2 aliphatic carbocycles. The van der Waals surface area contributed by atoms with E-state index in [-0.39, 0.29) is 12.1 Å². The van der Waals surface area contributed by atoms with Crippen LogP contribution in [-0.4, -0.2) is 30.6 Å². The maximum Gasteiger partial charge on any atom is 0.315 e. The van der Waals surface area contributed by atoms with Crippen molar-refractivity contribution in [1.82, 2.24) is 15.6 Å². The Bertz CT molecular complexity index is 534. The van der Waals surface area contributed by atoms with Crippen LogP contribution in [0.3, 0.4) is 0 Å². The highest BCUT2D eigenvalue weighted by Crippen LogP contribution is 2.41. The Morgan fingerprint density at radius 1 is 1.41 bits per heavy atom. The minimum atomic E-state index is -2.37. The summed E-state index contributed by atoms with van der Waals surface area (Å²) in [6, 6.07) is 2.68. The summed E-state index contributed by atoms with van der Waals surface area (Å²) in [7, 11) is 1.54. The lowest BCUT2D eigenvalue weighted by Crippen LogP contribution is -2.40. The first-order valence-electron chi connectivity index (χ1n) is 7.43. The maximum absolute atomic E-state index is 12.5. The molecule has 1 aromatic heterocycles. The average molecular weight is 311 g/mol. The number of rotatable bonds is 6. The van der Waals surface area contributed by atoms with E-state index in [1.165, 1.54) is 0 Å². The number of carbonyl (C=O) groups is 1. The van der Waals surface area contributed by atoms with E-state index in [4.69, 9.17) is 4.74 Å². The quantitative estimate of drug-likeness (QED) is 0.848. The van der Waals surface area contributed by atoms with Crippen LogP contribution in [0.5, 0.6) is 5.88 Å². The first-order valence-corrected chi connectivity index (χ1v) is 7.43. The third kappa shape index (κ3) is 3.45. The predicted octanol–water partition coefficient (Wildman–Crippen LogP) is 2.49. The number of amides is 2. The Kier molecular flexibility index (Phi) is 4.13. The molecule has 0 saturated heterocycles. The summed E-state index contributed by atoms with van der Waals surface area (Å²) in [6.07, 6.45) is 1.75. The average Bonchev–Trinajstić information content (AvgIpc) is 3.38. The molecule has 2 aliphatic rings. The zero-order valence-corrected chi connectivity index (χ0v) is 12.3. The van der Waals surface area contributed by atoms with Gasteiger partial charge in [0.25, 0.3) is 0 Å². The lowest BCUT2D eigenvalue weighted by atomic mass is 10.0. The molecule has 0 bridgehead atoms. The van der Waals surface area contributed by atoms with E-state index in [1.54, 1.807) is 19.4 Å². The molecule has 120 valence electrons. The Balaban J connectivity index is 1.58. The summed E-state index contributed by atoms with van der Waals surface area (Å²) in [4.78, 5) is 16.1. The highest BCUT2D eigenvalue weighted by molar-refractivity contribution is 5.75. The zero-order valence-electron chi connectivity index (χ0n) is 12.3. The van der Waals surface area contributed by atoms with Gasteiger partial charge in [-0.25, -0.2) is 18.6 Å². The fraction of sp³-hybridized carbons (Fsp3) is 0.600. The fourth-order valence-corrected chi connectivity index (χ4v) is 2.61. The first kappa shape index (κ1) is 15.0. The first-order chi connectivity index (χ1) is 10.6. The van der Waals surface area contributed by atoms with Crippen molar-refractivity contribution in [3.05, 3.63) is 23.9 Å². The molecule has 0 aromatic carbocycles. The number of methoxy groups -OCH3 is 1. The summed E-state index contributed by atoms with van der Waals surface area (Å²) in [6.45, 7) is 0. The monoisotopic (exact) mass is 311 g/mol. The van der Waals surface area contributed by atoms with Crippen molar-refractivity contribution in [2.24, 2.45) is 11.8 Å². The van der Waals surface area contributed by atoms with E-state index >= 15 is 0 Å². The number of urea groups is 1. The second-order valence-electron chi connectivity index (χ2n) is 5.91. The van der Waals surface area contributed by atoms with Crippen molar-refractivity contribution in [3.63, 3.8) is 0 Å². The van der Waals surface area contributed by atoms with Crippen LogP contribution >= 0.6 is 0 Å². The lowest BCUT2D eigenvalue weighted by Gasteiger charge is -2.19. The van der Waals surface area contributed by atoms with E-state index in [9.17, 15) is 13.6 Å². The molecule has 0 radical (unpaired) electrons. The summed E-state index contributed by atoms with van der Waals surface area (Å²) in [5, 5.41) is 5.50. The molecular formula is C15H19F2N3O2. The number of carbonyl (C=O) groups excluding carboxylic acids is 1. The van der Waals surface area contributed by atoms with Crippen LogP contribution in [0, 0.1) is 11.8 Å². The molecule has 7 heteroatoms. The Morgan fingerprint density at radius 3 is 2.68 bits per heavy atom. The number of hydrogen-bond donors (Lipinski definition) is 2. The van der Waals surface area contributed by atoms with Gasteiger partial charge in [-0.05, 0) is 30.7 Å². The van der Waals surface area contributed by atoms with Crippen LogP contribution in [0.4, 0.5) is 13.6 Å². The molecule has 1 aromatic rings. The highest BCUT2D eigenvalue weighted by Gasteiger charge is 2.45. The third-order valence-electron chi connectivity index (χ3n) is 4.19. The van der Waals surface area contributed by atoms with Crippen LogP contribution in [0.2, 0.25) is 0 Å². The Labute approximate surface area is 127 Å². The van der Waals surface area contributed by atoms with Crippen LogP contribution in [0.25, 0.3) is 0 Å². The van der Waals surface area contributed by atoms with Crippen molar-refractivity contribution in [3.8, 4) is 5.88 Å². The molecule has 5 nitrogen and oxygen atoms in total. The largest absolute Gasteiger partial charge is 0.481 e. The van der Waals surface area contributed by atoms with Crippen molar-refractivity contribution in [2.75, 3.05) is 7.11 Å². The van der Waals surface area contributed by atoms with Crippen LogP contribution in [0.1, 0.15) is 30.9 Å². The van der Waals surface area contributed by atoms with Crippen molar-refractivity contribution in [2.45, 2.75) is 37.8 Å². The molecule has 0 aliphatic heterocycles. The van der Waals surface area contributed by atoms with Crippen LogP contribution in [-0.2, 0) is 0 Å². The summed E-state index contributed by atoms with van der Waals surface area (Å²) in [5.41, 5.74) is 0.902. The van der Waals surface area contributed by atoms with E-state index in [0.717, 1.165) is 18.4 Å². The molecule has 3 atom stereocenters. The summed E-state index contributed by atoms with van der Waals surface area (Å²) in [5.74, 6) is 0.194. The van der Waals surface area contributed by atoms with E-state index in [1.807, 2.05) is 6.07 Å². The fourth-order valence-electron chi connectivity index (χ4n) is 2.61.